The molecule has 0 spiro atoms. The van der Waals surface area contributed by atoms with Crippen LogP contribution in [0.15, 0.2) is 163 Å². The van der Waals surface area contributed by atoms with E-state index >= 15 is 0 Å². The van der Waals surface area contributed by atoms with Crippen LogP contribution >= 0.6 is 0 Å². The average molecular weight is 1250 g/mol. The van der Waals surface area contributed by atoms with Crippen LogP contribution in [-0.2, 0) is 40.6 Å². The van der Waals surface area contributed by atoms with Crippen LogP contribution in [0.25, 0.3) is 6.08 Å². The Bertz CT molecular complexity index is 3820. The smallest absolute Gasteiger partial charge is 0.493 e. The lowest BCUT2D eigenvalue weighted by Crippen LogP contribution is -2.48. The van der Waals surface area contributed by atoms with Crippen LogP contribution in [0.2, 0.25) is 0 Å². The molecule has 0 aromatic heterocycles. The van der Waals surface area contributed by atoms with E-state index < -0.39 is 45.9 Å². The van der Waals surface area contributed by atoms with Gasteiger partial charge in [0.05, 0.1) is 37.7 Å². The Kier molecular flexibility index (Phi) is 19.6. The molecule has 3 N–H and O–H groups in total. The highest BCUT2D eigenvalue weighted by molar-refractivity contribution is 8.06. The number of carbonyl (C=O) groups is 2. The first-order valence-electron chi connectivity index (χ1n) is 27.7. The minimum absolute atomic E-state index is 0. The first-order chi connectivity index (χ1) is 42.2. The van der Waals surface area contributed by atoms with Gasteiger partial charge in [0.2, 0.25) is 9.84 Å². The lowest BCUT2D eigenvalue weighted by atomic mass is 9.93. The van der Waals surface area contributed by atoms with Gasteiger partial charge in [-0.15, -0.1) is 28.2 Å². The van der Waals surface area contributed by atoms with Crippen molar-refractivity contribution in [3.63, 3.8) is 0 Å². The van der Waals surface area contributed by atoms with E-state index in [1.54, 1.807) is 64.3 Å². The summed E-state index contributed by atoms with van der Waals surface area (Å²) in [5.74, 6) is 1.80. The van der Waals surface area contributed by atoms with Gasteiger partial charge in [-0.25, -0.2) is 23.8 Å². The minimum atomic E-state index is -4.06. The number of sulfone groups is 1. The lowest BCUT2D eigenvalue weighted by molar-refractivity contribution is -0.287. The molecule has 24 heteroatoms. The molecule has 2 atom stereocenters. The number of ether oxygens (including phenoxy) is 9. The number of halogens is 4. The van der Waals surface area contributed by atoms with E-state index in [0.29, 0.717) is 60.2 Å². The number of alkyl halides is 4. The predicted octanol–water partition coefficient (Wildman–Crippen LogP) is 12.3. The third-order valence-corrected chi connectivity index (χ3v) is 15.6. The van der Waals surface area contributed by atoms with Crippen molar-refractivity contribution in [1.82, 2.24) is 21.3 Å². The van der Waals surface area contributed by atoms with Crippen LogP contribution in [0.4, 0.5) is 28.0 Å². The van der Waals surface area contributed by atoms with Crippen molar-refractivity contribution in [1.29, 1.82) is 0 Å². The zero-order chi connectivity index (χ0) is 62.2. The van der Waals surface area contributed by atoms with Gasteiger partial charge in [-0.2, -0.15) is 0 Å². The Hall–Kier alpha value is -9.52. The van der Waals surface area contributed by atoms with Crippen LogP contribution in [0.5, 0.6) is 46.0 Å². The molecule has 1 amide bonds. The van der Waals surface area contributed by atoms with Gasteiger partial charge in [0.15, 0.2) is 46.0 Å². The van der Waals surface area contributed by atoms with Gasteiger partial charge in [-0.3, -0.25) is 9.69 Å². The van der Waals surface area contributed by atoms with E-state index in [0.717, 1.165) is 40.8 Å². The molecule has 5 aliphatic rings. The molecular formula is C65H66F4N6O13S. The predicted molar refractivity (Wildman–Crippen MR) is 324 cm³/mol. The first kappa shape index (κ1) is 64.0. The lowest BCUT2D eigenvalue weighted by Gasteiger charge is -2.38. The third-order valence-electron chi connectivity index (χ3n) is 14.0. The number of anilines is 1. The quantitative estimate of drug-likeness (QED) is 0.0684. The number of carbonyl (C=O) groups excluding carboxylic acids is 2. The summed E-state index contributed by atoms with van der Waals surface area (Å²) < 4.78 is 126. The molecule has 5 aliphatic heterocycles. The summed E-state index contributed by atoms with van der Waals surface area (Å²) in [7, 11) is -0.903. The number of para-hydroxylation sites is 1. The number of fused-ring (bicyclic) bond motifs is 4. The van der Waals surface area contributed by atoms with Gasteiger partial charge < -0.3 is 47.9 Å². The molecule has 0 fully saturated rings. The maximum absolute atomic E-state index is 13.9. The number of hydrogen-bond donors (Lipinski definition) is 3. The Balaban J connectivity index is 0.000000177. The molecule has 7 aromatic rings. The van der Waals surface area contributed by atoms with Gasteiger partial charge in [0.1, 0.15) is 25.1 Å². The minimum Gasteiger partial charge on any atom is -0.493 e. The second kappa shape index (κ2) is 27.3. The second-order valence-electron chi connectivity index (χ2n) is 21.4. The van der Waals surface area contributed by atoms with Crippen molar-refractivity contribution in [2.75, 3.05) is 38.1 Å². The molecule has 12 rings (SSSR count). The van der Waals surface area contributed by atoms with E-state index in [4.69, 9.17) is 23.7 Å². The normalized spacial score (nSPS) is 17.2. The summed E-state index contributed by atoms with van der Waals surface area (Å²) in [6.07, 6.45) is -2.07. The van der Waals surface area contributed by atoms with Crippen molar-refractivity contribution in [3.8, 4) is 46.0 Å². The van der Waals surface area contributed by atoms with Crippen LogP contribution in [0, 0.1) is 0 Å². The van der Waals surface area contributed by atoms with E-state index in [1.165, 1.54) is 52.9 Å². The highest BCUT2D eigenvalue weighted by atomic mass is 32.2. The number of amidine groups is 1. The maximum atomic E-state index is 13.9. The fraction of sp³-hybridized carbons (Fsp3) is 0.277. The number of rotatable bonds is 14. The Labute approximate surface area is 512 Å². The second-order valence-corrected chi connectivity index (χ2v) is 23.3. The fourth-order valence-electron chi connectivity index (χ4n) is 9.99. The molecule has 468 valence electrons. The molecule has 0 aliphatic carbocycles. The van der Waals surface area contributed by atoms with Crippen molar-refractivity contribution in [2.45, 2.75) is 84.5 Å². The van der Waals surface area contributed by atoms with Crippen LogP contribution in [0.3, 0.4) is 0 Å². The van der Waals surface area contributed by atoms with Gasteiger partial charge in [-0.1, -0.05) is 105 Å². The molecule has 0 radical (unpaired) electrons. The van der Waals surface area contributed by atoms with Crippen molar-refractivity contribution >= 4 is 39.1 Å². The van der Waals surface area contributed by atoms with Gasteiger partial charge >= 0.3 is 18.7 Å². The molecular weight excluding hydrogens is 1180 g/mol. The van der Waals surface area contributed by atoms with E-state index in [2.05, 4.69) is 40.4 Å². The number of hydrogen-bond acceptors (Lipinski definition) is 18. The topological polar surface area (TPSA) is 206 Å². The van der Waals surface area contributed by atoms with Crippen molar-refractivity contribution < 1.29 is 78.2 Å². The summed E-state index contributed by atoms with van der Waals surface area (Å²) in [4.78, 5) is 25.1. The van der Waals surface area contributed by atoms with Crippen LogP contribution < -0.4 is 59.3 Å². The molecule has 2 unspecified atom stereocenters. The largest absolute Gasteiger partial charge is 0.586 e. The fourth-order valence-corrected chi connectivity index (χ4v) is 11.5. The summed E-state index contributed by atoms with van der Waals surface area (Å²) in [5, 5.41) is 8.66. The van der Waals surface area contributed by atoms with Gasteiger partial charge in [0.25, 0.3) is 5.17 Å². The number of benzene rings is 7. The molecule has 7 aromatic carbocycles. The molecule has 0 bridgehead atoms. The zero-order valence-electron chi connectivity index (χ0n) is 48.3. The zero-order valence-corrected chi connectivity index (χ0v) is 49.2. The summed E-state index contributed by atoms with van der Waals surface area (Å²) in [6, 6.07) is 44.0. The van der Waals surface area contributed by atoms with Crippen LogP contribution in [-0.4, -0.2) is 82.1 Å². The monoisotopic (exact) mass is 1250 g/mol. The standard InChI is InChI=1S/C30H35N5O6S.C26H23F2NO4.C8H4F2O3.CH4/c1-30(2,3)41-29(36)34-16-15-22-17-27(40-19-21-11-7-5-8-12-21)26(39-4)18-24(22)25(34)20-42(37,38)28-31-32-33-35(28)23-13-9-6-10-14-23;1-30-23-15-20-19(14-24(23)31-16-18-5-3-2-4-6-18)11-12-29-21(20)9-7-17-8-10-22-25(13-17)33-26(27,28)32-22;9-8(10)12-6-2-1-5(4-11)3-7(6)13-8;/h5-14,17-18,25,32-33H,15-16,19-20H2,1-4H3;2-10,13-15,21,29H,11-12,16H2,1H3;1-4H;1H4/b;9-7+;;. The van der Waals surface area contributed by atoms with E-state index in [9.17, 15) is 35.6 Å². The molecule has 0 saturated heterocycles. The van der Waals surface area contributed by atoms with E-state index in [-0.39, 0.29) is 53.7 Å². The molecule has 0 saturated carbocycles. The maximum Gasteiger partial charge on any atom is 0.586 e. The number of amides is 1. The highest BCUT2D eigenvalue weighted by Crippen LogP contribution is 2.44. The highest BCUT2D eigenvalue weighted by Gasteiger charge is 2.45. The number of hydrazone groups is 1. The van der Waals surface area contributed by atoms with E-state index in [1.807, 2.05) is 97.1 Å². The molecule has 19 nitrogen and oxygen atoms in total. The van der Waals surface area contributed by atoms with Crippen molar-refractivity contribution in [3.05, 3.63) is 202 Å². The Morgan fingerprint density at radius 3 is 1.74 bits per heavy atom. The SMILES string of the molecule is C.COc1cc2c(cc1OCc1ccccc1)CCN(C(=O)OC(C)(C)C)C2CS(=O)(=O)C1=NNNN1c1ccccc1.COc1cc2c(cc1OCc1ccccc1)CCNC2/C=C/c1ccc2c(c1)OC(F)(F)O2.O=Cc1ccc2c(c1)OC(F)(F)O2. The van der Waals surface area contributed by atoms with Gasteiger partial charge in [-0.05, 0) is 139 Å². The molecule has 5 heterocycles. The van der Waals surface area contributed by atoms with Gasteiger partial charge in [0, 0.05) is 18.7 Å². The first-order valence-corrected chi connectivity index (χ1v) is 29.4. The Morgan fingerprint density at radius 2 is 1.19 bits per heavy atom. The Morgan fingerprint density at radius 1 is 0.674 bits per heavy atom. The number of nitrogens with one attached hydrogen (secondary N) is 3. The number of methoxy groups -OCH3 is 2. The number of nitrogens with zero attached hydrogens (tertiary/aromatic N) is 3. The number of aldehydes is 1. The summed E-state index contributed by atoms with van der Waals surface area (Å²) >= 11 is 0. The number of hydrazine groups is 2. The van der Waals surface area contributed by atoms with Crippen LogP contribution in [0.1, 0.15) is 89.6 Å². The average Bonchev–Trinajstić information content (AvgIpc) is 1.16. The summed E-state index contributed by atoms with van der Waals surface area (Å²) in [5.41, 5.74) is 12.0. The van der Waals surface area contributed by atoms with Crippen molar-refractivity contribution in [2.24, 2.45) is 5.10 Å². The third kappa shape index (κ3) is 15.8. The summed E-state index contributed by atoms with van der Waals surface area (Å²) in [6.45, 7) is 7.19. The molecule has 89 heavy (non-hydrogen) atoms.